The molecule has 0 aliphatic carbocycles. The second-order valence-electron chi connectivity index (χ2n) is 13.8. The predicted molar refractivity (Wildman–Crippen MR) is 239 cm³/mol. The van der Waals surface area contributed by atoms with Crippen molar-refractivity contribution in [1.29, 1.82) is 0 Å². The van der Waals surface area contributed by atoms with Crippen LogP contribution in [0.15, 0.2) is 96.6 Å². The molecule has 3 heterocycles. The van der Waals surface area contributed by atoms with Crippen molar-refractivity contribution in [2.24, 2.45) is 0 Å². The number of aliphatic hydroxyl groups excluding tert-OH is 1. The maximum atomic E-state index is 13.7. The average molecular weight is 862 g/mol. The molecule has 0 saturated carbocycles. The molecule has 0 bridgehead atoms. The van der Waals surface area contributed by atoms with E-state index in [2.05, 4.69) is 98.2 Å². The molecule has 3 aromatic heterocycles. The van der Waals surface area contributed by atoms with Crippen molar-refractivity contribution in [3.63, 3.8) is 0 Å². The zero-order valence-electron chi connectivity index (χ0n) is 34.9. The van der Waals surface area contributed by atoms with E-state index in [1.54, 1.807) is 41.9 Å². The van der Waals surface area contributed by atoms with Crippen molar-refractivity contribution < 1.29 is 32.1 Å². The Morgan fingerprint density at radius 2 is 1.61 bits per heavy atom. The molecule has 4 aromatic carbocycles. The van der Waals surface area contributed by atoms with E-state index < -0.39 is 17.6 Å². The minimum absolute atomic E-state index is 0.0817. The van der Waals surface area contributed by atoms with Crippen molar-refractivity contribution in [3.8, 4) is 45.6 Å². The van der Waals surface area contributed by atoms with Crippen molar-refractivity contribution >= 4 is 33.1 Å². The Kier molecular flexibility index (Phi) is 15.7. The van der Waals surface area contributed by atoms with Gasteiger partial charge in [0, 0.05) is 75.8 Å². The standard InChI is InChI=1S/C47H41F4N5O3S.C2H6/c1-3-56-43-15-9-31(25-52-2)20-40(43)39-13-10-34(24-44(39)56)46-22-33(30-60-46)7-11-37-28-54-36(27-55-37)6-4-5-19-58-38-12-16-45(35(23-38)26-53-17-18-57)59-29-32-8-14-42(48)41(21-32)47(49,50)51;1-2/h8-10,12-16,20-24,27-28,30,52-53,57H,3,5,17-19,25-26,29H2,1-2H3;1-2H3. The number of ether oxygens (including phenoxy) is 2. The predicted octanol–water partition coefficient (Wildman–Crippen LogP) is 10.1. The summed E-state index contributed by atoms with van der Waals surface area (Å²) in [6.45, 7) is 8.50. The molecule has 13 heteroatoms. The molecule has 0 saturated heterocycles. The number of rotatable bonds is 14. The Hall–Kier alpha value is -6.22. The normalized spacial score (nSPS) is 11.0. The fraction of sp³-hybridized carbons (Fsp3) is 0.265. The third-order valence-corrected chi connectivity index (χ3v) is 10.6. The molecule has 0 aliphatic rings. The molecule has 0 unspecified atom stereocenters. The van der Waals surface area contributed by atoms with Crippen LogP contribution in [0.5, 0.6) is 11.5 Å². The quantitative estimate of drug-likeness (QED) is 0.0570. The van der Waals surface area contributed by atoms with E-state index in [1.807, 2.05) is 26.3 Å². The summed E-state index contributed by atoms with van der Waals surface area (Å²) in [4.78, 5) is 9.96. The van der Waals surface area contributed by atoms with Gasteiger partial charge in [-0.05, 0) is 97.1 Å². The molecule has 0 spiro atoms. The highest BCUT2D eigenvalue weighted by atomic mass is 32.1. The van der Waals surface area contributed by atoms with Crippen LogP contribution in [0.4, 0.5) is 17.6 Å². The molecule has 62 heavy (non-hydrogen) atoms. The Balaban J connectivity index is 0.00000316. The second-order valence-corrected chi connectivity index (χ2v) is 14.7. The maximum absolute atomic E-state index is 13.7. The van der Waals surface area contributed by atoms with Gasteiger partial charge in [0.25, 0.3) is 0 Å². The van der Waals surface area contributed by atoms with Crippen LogP contribution in [0.3, 0.4) is 0 Å². The molecule has 3 N–H and O–H groups in total. The average Bonchev–Trinajstić information content (AvgIpc) is 3.88. The molecule has 7 aromatic rings. The first-order valence-electron chi connectivity index (χ1n) is 20.3. The van der Waals surface area contributed by atoms with Crippen LogP contribution < -0.4 is 20.1 Å². The molecule has 0 amide bonds. The van der Waals surface area contributed by atoms with E-state index in [0.29, 0.717) is 48.0 Å². The van der Waals surface area contributed by atoms with Crippen molar-refractivity contribution in [1.82, 2.24) is 25.2 Å². The highest BCUT2D eigenvalue weighted by Crippen LogP contribution is 2.36. The van der Waals surface area contributed by atoms with Crippen molar-refractivity contribution in [2.75, 3.05) is 26.8 Å². The van der Waals surface area contributed by atoms with Gasteiger partial charge in [-0.2, -0.15) is 13.2 Å². The van der Waals surface area contributed by atoms with Crippen LogP contribution >= 0.6 is 11.3 Å². The molecular formula is C49H47F4N5O3S. The fourth-order valence-corrected chi connectivity index (χ4v) is 7.58. The van der Waals surface area contributed by atoms with Gasteiger partial charge in [-0.15, -0.1) is 11.3 Å². The van der Waals surface area contributed by atoms with Crippen LogP contribution in [-0.4, -0.2) is 46.4 Å². The minimum Gasteiger partial charge on any atom is -0.493 e. The summed E-state index contributed by atoms with van der Waals surface area (Å²) in [6, 6.07) is 23.3. The van der Waals surface area contributed by atoms with Gasteiger partial charge >= 0.3 is 6.18 Å². The topological polar surface area (TPSA) is 93.5 Å². The van der Waals surface area contributed by atoms with Gasteiger partial charge in [0.15, 0.2) is 0 Å². The van der Waals surface area contributed by atoms with Crippen molar-refractivity contribution in [3.05, 3.63) is 142 Å². The number of thiophene rings is 1. The lowest BCUT2D eigenvalue weighted by Gasteiger charge is -2.15. The molecular weight excluding hydrogens is 815 g/mol. The fourth-order valence-electron chi connectivity index (χ4n) is 6.74. The van der Waals surface area contributed by atoms with E-state index in [4.69, 9.17) is 9.47 Å². The van der Waals surface area contributed by atoms with Crippen LogP contribution in [-0.2, 0) is 32.4 Å². The molecule has 0 atom stereocenters. The van der Waals surface area contributed by atoms with Gasteiger partial charge < -0.3 is 29.8 Å². The lowest BCUT2D eigenvalue weighted by Crippen LogP contribution is -2.18. The lowest BCUT2D eigenvalue weighted by atomic mass is 10.1. The Bertz CT molecular complexity index is 2740. The van der Waals surface area contributed by atoms with Gasteiger partial charge in [0.2, 0.25) is 0 Å². The molecule has 8 nitrogen and oxygen atoms in total. The van der Waals surface area contributed by atoms with E-state index >= 15 is 0 Å². The van der Waals surface area contributed by atoms with Crippen LogP contribution in [0.2, 0.25) is 0 Å². The van der Waals surface area contributed by atoms with Gasteiger partial charge in [-0.3, -0.25) is 0 Å². The second kappa shape index (κ2) is 21.5. The summed E-state index contributed by atoms with van der Waals surface area (Å²) in [5.41, 5.74) is 6.28. The van der Waals surface area contributed by atoms with Crippen molar-refractivity contribution in [2.45, 2.75) is 59.6 Å². The summed E-state index contributed by atoms with van der Waals surface area (Å²) in [5, 5.41) is 20.1. The number of aromatic nitrogens is 3. The zero-order chi connectivity index (χ0) is 44.1. The number of nitrogens with zero attached hydrogens (tertiary/aromatic N) is 3. The third kappa shape index (κ3) is 11.4. The zero-order valence-corrected chi connectivity index (χ0v) is 35.7. The van der Waals surface area contributed by atoms with E-state index in [-0.39, 0.29) is 25.4 Å². The summed E-state index contributed by atoms with van der Waals surface area (Å²) in [6.07, 6.45) is -1.23. The number of nitrogens with one attached hydrogen (secondary N) is 2. The number of alkyl halides is 3. The number of benzene rings is 4. The van der Waals surface area contributed by atoms with Crippen LogP contribution in [0.1, 0.15) is 66.4 Å². The third-order valence-electron chi connectivity index (χ3n) is 9.58. The van der Waals surface area contributed by atoms with E-state index in [9.17, 15) is 22.7 Å². The highest BCUT2D eigenvalue weighted by Gasteiger charge is 2.34. The maximum Gasteiger partial charge on any atom is 0.419 e. The number of halogens is 4. The largest absolute Gasteiger partial charge is 0.493 e. The van der Waals surface area contributed by atoms with E-state index in [0.717, 1.165) is 41.2 Å². The van der Waals surface area contributed by atoms with E-state index in [1.165, 1.54) is 33.4 Å². The van der Waals surface area contributed by atoms with Crippen LogP contribution in [0, 0.1) is 29.5 Å². The first-order valence-corrected chi connectivity index (χ1v) is 21.2. The minimum atomic E-state index is -4.82. The van der Waals surface area contributed by atoms with Crippen LogP contribution in [0.25, 0.3) is 32.2 Å². The number of hydrogen-bond donors (Lipinski definition) is 3. The number of aliphatic hydroxyl groups is 1. The molecule has 0 fully saturated rings. The van der Waals surface area contributed by atoms with Gasteiger partial charge in [0.05, 0.1) is 31.2 Å². The SMILES string of the molecule is CC.CCn1c2ccc(CNC)cc2c2ccc(-c3cc(C#Cc4cnc(C#CCCOc5ccc(OCc6ccc(F)c(C(F)(F)F)c6)c(CNCCO)c5)cn4)cs3)cc21. The summed E-state index contributed by atoms with van der Waals surface area (Å²) < 4.78 is 67.3. The Morgan fingerprint density at radius 3 is 2.35 bits per heavy atom. The summed E-state index contributed by atoms with van der Waals surface area (Å²) in [7, 11) is 1.96. The number of fused-ring (bicyclic) bond motifs is 3. The molecule has 320 valence electrons. The molecule has 7 rings (SSSR count). The van der Waals surface area contributed by atoms with Gasteiger partial charge in [-0.1, -0.05) is 50.0 Å². The summed E-state index contributed by atoms with van der Waals surface area (Å²) in [5.74, 6) is 11.9. The van der Waals surface area contributed by atoms with Gasteiger partial charge in [-0.25, -0.2) is 14.4 Å². The highest BCUT2D eigenvalue weighted by molar-refractivity contribution is 7.13. The molecule has 0 aliphatic heterocycles. The number of aryl methyl sites for hydroxylation is 1. The Labute approximate surface area is 363 Å². The monoisotopic (exact) mass is 861 g/mol. The lowest BCUT2D eigenvalue weighted by molar-refractivity contribution is -0.140. The summed E-state index contributed by atoms with van der Waals surface area (Å²) >= 11 is 1.66. The van der Waals surface area contributed by atoms with Gasteiger partial charge in [0.1, 0.15) is 35.3 Å². The Morgan fingerprint density at radius 1 is 0.823 bits per heavy atom. The first-order chi connectivity index (χ1) is 30.1. The first kappa shape index (κ1) is 45.3. The number of hydrogen-bond acceptors (Lipinski definition) is 8. The smallest absolute Gasteiger partial charge is 0.419 e. The molecule has 0 radical (unpaired) electrons.